The fourth-order valence-electron chi connectivity index (χ4n) is 3.78. The smallest absolute Gasteiger partial charge is 0.141 e. The molecule has 0 bridgehead atoms. The minimum Gasteiger partial charge on any atom is -0.382 e. The fraction of sp³-hybridized carbons (Fsp3) is 0.870. The normalized spacial score (nSPS) is 11.3. The Morgan fingerprint density at radius 1 is 0.692 bits per heavy atom. The van der Waals surface area contributed by atoms with E-state index >= 15 is 0 Å². The summed E-state index contributed by atoms with van der Waals surface area (Å²) in [6.07, 6.45) is 25.7. The molecule has 0 aliphatic rings. The Kier molecular flexibility index (Phi) is 14.4. The first-order valence-electron chi connectivity index (χ1n) is 11.6. The molecule has 3 nitrogen and oxygen atoms in total. The van der Waals surface area contributed by atoms with Crippen molar-refractivity contribution in [1.29, 1.82) is 0 Å². The quantitative estimate of drug-likeness (QED) is 0.278. The van der Waals surface area contributed by atoms with Crippen LogP contribution < -0.4 is 5.73 Å². The fourth-order valence-corrected chi connectivity index (χ4v) is 3.78. The van der Waals surface area contributed by atoms with Crippen molar-refractivity contribution in [2.45, 2.75) is 130 Å². The molecular weight excluding hydrogens is 318 g/mol. The molecule has 1 aromatic heterocycles. The lowest BCUT2D eigenvalue weighted by Crippen LogP contribution is -2.00. The zero-order chi connectivity index (χ0) is 18.9. The molecule has 0 saturated carbocycles. The number of hydrogen-bond donors (Lipinski definition) is 1. The molecule has 0 aromatic carbocycles. The van der Waals surface area contributed by atoms with Crippen molar-refractivity contribution in [3.63, 3.8) is 0 Å². The first-order chi connectivity index (χ1) is 12.8. The summed E-state index contributed by atoms with van der Waals surface area (Å²) in [4.78, 5) is 4.43. The van der Waals surface area contributed by atoms with E-state index in [4.69, 9.17) is 5.73 Å². The van der Waals surface area contributed by atoms with Gasteiger partial charge >= 0.3 is 0 Å². The number of nitrogens with two attached hydrogens (primary N) is 1. The predicted octanol–water partition coefficient (Wildman–Crippen LogP) is 7.29. The Labute approximate surface area is 163 Å². The molecule has 1 aromatic rings. The lowest BCUT2D eigenvalue weighted by atomic mass is 10.0. The van der Waals surface area contributed by atoms with Gasteiger partial charge in [0.25, 0.3) is 0 Å². The second-order valence-electron chi connectivity index (χ2n) is 7.92. The number of unbranched alkanes of at least 4 members (excludes halogenated alkanes) is 15. The van der Waals surface area contributed by atoms with Gasteiger partial charge in [-0.05, 0) is 13.3 Å². The maximum atomic E-state index is 5.78. The van der Waals surface area contributed by atoms with E-state index in [9.17, 15) is 0 Å². The number of nitrogens with zero attached hydrogens (tertiary/aromatic N) is 2. The Morgan fingerprint density at radius 2 is 1.12 bits per heavy atom. The van der Waals surface area contributed by atoms with E-state index < -0.39 is 0 Å². The third-order valence-electron chi connectivity index (χ3n) is 5.47. The average Bonchev–Trinajstić information content (AvgIpc) is 3.01. The highest BCUT2D eigenvalue weighted by molar-refractivity contribution is 5.25. The number of aromatic nitrogens is 2. The molecule has 0 unspecified atom stereocenters. The molecule has 0 aliphatic carbocycles. The number of hydrogen-bond acceptors (Lipinski definition) is 2. The van der Waals surface area contributed by atoms with Gasteiger partial charge in [-0.25, -0.2) is 4.98 Å². The van der Waals surface area contributed by atoms with Gasteiger partial charge in [-0.3, -0.25) is 0 Å². The van der Waals surface area contributed by atoms with Crippen molar-refractivity contribution in [2.24, 2.45) is 0 Å². The Hall–Kier alpha value is -0.990. The van der Waals surface area contributed by atoms with Crippen molar-refractivity contribution in [3.05, 3.63) is 12.0 Å². The van der Waals surface area contributed by atoms with Crippen LogP contribution in [0.2, 0.25) is 0 Å². The van der Waals surface area contributed by atoms with Crippen molar-refractivity contribution >= 4 is 5.82 Å². The summed E-state index contributed by atoms with van der Waals surface area (Å²) in [5, 5.41) is 0. The predicted molar refractivity (Wildman–Crippen MR) is 116 cm³/mol. The van der Waals surface area contributed by atoms with Gasteiger partial charge in [0.05, 0.1) is 0 Å². The van der Waals surface area contributed by atoms with Crippen molar-refractivity contribution < 1.29 is 0 Å². The minimum absolute atomic E-state index is 0.665. The molecule has 0 spiro atoms. The van der Waals surface area contributed by atoms with Crippen LogP contribution in [-0.4, -0.2) is 9.55 Å². The van der Waals surface area contributed by atoms with Gasteiger partial charge in [-0.15, -0.1) is 0 Å². The molecular formula is C23H45N3. The summed E-state index contributed by atoms with van der Waals surface area (Å²) in [6.45, 7) is 5.41. The van der Waals surface area contributed by atoms with E-state index in [1.54, 1.807) is 0 Å². The maximum absolute atomic E-state index is 5.78. The van der Waals surface area contributed by atoms with Crippen LogP contribution in [0.5, 0.6) is 0 Å². The van der Waals surface area contributed by atoms with E-state index in [0.29, 0.717) is 5.82 Å². The Bertz CT molecular complexity index is 425. The molecule has 1 rings (SSSR count). The van der Waals surface area contributed by atoms with Gasteiger partial charge in [0.2, 0.25) is 0 Å². The second kappa shape index (κ2) is 16.2. The van der Waals surface area contributed by atoms with Crippen LogP contribution in [-0.2, 0) is 13.0 Å². The van der Waals surface area contributed by atoms with E-state index in [1.807, 2.05) is 6.20 Å². The molecule has 1 heterocycles. The number of aryl methyl sites for hydroxylation is 2. The highest BCUT2D eigenvalue weighted by atomic mass is 15.1. The molecule has 152 valence electrons. The third kappa shape index (κ3) is 11.6. The highest BCUT2D eigenvalue weighted by Gasteiger charge is 2.04. The van der Waals surface area contributed by atoms with Crippen LogP contribution in [0.25, 0.3) is 0 Å². The first kappa shape index (κ1) is 23.0. The number of nitrogen functional groups attached to an aromatic ring is 1. The molecule has 26 heavy (non-hydrogen) atoms. The Balaban J connectivity index is 1.79. The van der Waals surface area contributed by atoms with Gasteiger partial charge in [0.15, 0.2) is 0 Å². The lowest BCUT2D eigenvalue weighted by molar-refractivity contribution is 0.527. The topological polar surface area (TPSA) is 43.8 Å². The molecule has 0 amide bonds. The average molecular weight is 364 g/mol. The van der Waals surface area contributed by atoms with Crippen LogP contribution in [0, 0.1) is 0 Å². The number of rotatable bonds is 18. The van der Waals surface area contributed by atoms with Crippen LogP contribution in [0.15, 0.2) is 6.20 Å². The summed E-state index contributed by atoms with van der Waals surface area (Å²) in [7, 11) is 0. The summed E-state index contributed by atoms with van der Waals surface area (Å²) < 4.78 is 2.18. The van der Waals surface area contributed by atoms with E-state index in [2.05, 4.69) is 23.4 Å². The summed E-state index contributed by atoms with van der Waals surface area (Å²) in [6, 6.07) is 0. The van der Waals surface area contributed by atoms with Gasteiger partial charge in [-0.1, -0.05) is 103 Å². The molecule has 0 atom stereocenters. The zero-order valence-electron chi connectivity index (χ0n) is 17.8. The van der Waals surface area contributed by atoms with Gasteiger partial charge < -0.3 is 10.3 Å². The zero-order valence-corrected chi connectivity index (χ0v) is 17.8. The Morgan fingerprint density at radius 3 is 1.54 bits per heavy atom. The van der Waals surface area contributed by atoms with Crippen LogP contribution >= 0.6 is 0 Å². The van der Waals surface area contributed by atoms with Gasteiger partial charge in [0.1, 0.15) is 11.6 Å². The molecule has 3 heteroatoms. The van der Waals surface area contributed by atoms with Crippen molar-refractivity contribution in [2.75, 3.05) is 5.73 Å². The molecule has 0 fully saturated rings. The van der Waals surface area contributed by atoms with Gasteiger partial charge in [-0.2, -0.15) is 0 Å². The van der Waals surface area contributed by atoms with Crippen molar-refractivity contribution in [1.82, 2.24) is 9.55 Å². The van der Waals surface area contributed by atoms with Crippen LogP contribution in [0.4, 0.5) is 5.82 Å². The van der Waals surface area contributed by atoms with E-state index in [1.165, 1.54) is 103 Å². The number of anilines is 1. The standard InChI is InChI=1S/C23H45N3/c1-3-5-6-7-8-9-10-11-12-13-14-15-16-17-18-19-20-23-25-22(24)21-26(23)4-2/h21H,3-20,24H2,1-2H3. The van der Waals surface area contributed by atoms with Crippen molar-refractivity contribution in [3.8, 4) is 0 Å². The monoisotopic (exact) mass is 363 g/mol. The summed E-state index contributed by atoms with van der Waals surface area (Å²) in [5.41, 5.74) is 5.78. The lowest BCUT2D eigenvalue weighted by Gasteiger charge is -2.05. The molecule has 0 saturated heterocycles. The van der Waals surface area contributed by atoms with Gasteiger partial charge in [0, 0.05) is 19.2 Å². The molecule has 0 aliphatic heterocycles. The van der Waals surface area contributed by atoms with E-state index in [0.717, 1.165) is 18.8 Å². The summed E-state index contributed by atoms with van der Waals surface area (Å²) >= 11 is 0. The van der Waals surface area contributed by atoms with Crippen LogP contribution in [0.1, 0.15) is 122 Å². The summed E-state index contributed by atoms with van der Waals surface area (Å²) in [5.74, 6) is 1.83. The largest absolute Gasteiger partial charge is 0.382 e. The maximum Gasteiger partial charge on any atom is 0.141 e. The highest BCUT2D eigenvalue weighted by Crippen LogP contribution is 2.15. The minimum atomic E-state index is 0.665. The molecule has 0 radical (unpaired) electrons. The van der Waals surface area contributed by atoms with Crippen LogP contribution in [0.3, 0.4) is 0 Å². The molecule has 2 N–H and O–H groups in total. The van der Waals surface area contributed by atoms with E-state index in [-0.39, 0.29) is 0 Å². The SMILES string of the molecule is CCCCCCCCCCCCCCCCCCc1nc(N)cn1CC. The third-order valence-corrected chi connectivity index (χ3v) is 5.47. The number of imidazole rings is 1. The second-order valence-corrected chi connectivity index (χ2v) is 7.92. The first-order valence-corrected chi connectivity index (χ1v) is 11.6.